The third-order valence-electron chi connectivity index (χ3n) is 3.09. The molecule has 0 saturated heterocycles. The lowest BCUT2D eigenvalue weighted by molar-refractivity contribution is 0.945. The largest absolute Gasteiger partial charge is 0.265 e. The summed E-state index contributed by atoms with van der Waals surface area (Å²) >= 11 is 0. The van der Waals surface area contributed by atoms with Crippen molar-refractivity contribution in [3.63, 3.8) is 0 Å². The number of hydrogen-bond donors (Lipinski definition) is 0. The molecule has 5 nitrogen and oxygen atoms in total. The monoisotopic (exact) mass is 247 g/mol. The van der Waals surface area contributed by atoms with E-state index in [0.29, 0.717) is 0 Å². The molecule has 0 N–H and O–H groups in total. The zero-order valence-electron chi connectivity index (χ0n) is 9.93. The van der Waals surface area contributed by atoms with Crippen LogP contribution in [0.25, 0.3) is 27.8 Å². The Kier molecular flexibility index (Phi) is 2.05. The molecular formula is C14H9N5. The molecule has 1 aromatic carbocycles. The topological polar surface area (TPSA) is 56.0 Å². The van der Waals surface area contributed by atoms with Crippen molar-refractivity contribution < 1.29 is 0 Å². The van der Waals surface area contributed by atoms with E-state index in [1.165, 1.54) is 0 Å². The number of aromatic nitrogens is 5. The van der Waals surface area contributed by atoms with E-state index in [2.05, 4.69) is 20.3 Å². The summed E-state index contributed by atoms with van der Waals surface area (Å²) in [6, 6.07) is 11.8. The van der Waals surface area contributed by atoms with Crippen LogP contribution in [0.4, 0.5) is 0 Å². The Morgan fingerprint density at radius 2 is 1.74 bits per heavy atom. The normalized spacial score (nSPS) is 11.2. The maximum atomic E-state index is 4.42. The lowest BCUT2D eigenvalue weighted by Gasteiger charge is -2.00. The predicted octanol–water partition coefficient (Wildman–Crippen LogP) is 2.34. The highest BCUT2D eigenvalue weighted by Gasteiger charge is 2.11. The van der Waals surface area contributed by atoms with Crippen LogP contribution in [0, 0.1) is 0 Å². The molecule has 0 aliphatic carbocycles. The van der Waals surface area contributed by atoms with Crippen LogP contribution in [-0.4, -0.2) is 24.8 Å². The summed E-state index contributed by atoms with van der Waals surface area (Å²) in [5, 5.41) is 15.0. The van der Waals surface area contributed by atoms with Crippen LogP contribution in [0.3, 0.4) is 0 Å². The summed E-state index contributed by atoms with van der Waals surface area (Å²) in [6.45, 7) is 0. The average molecular weight is 247 g/mol. The highest BCUT2D eigenvalue weighted by Crippen LogP contribution is 2.21. The molecule has 90 valence electrons. The Morgan fingerprint density at radius 1 is 0.895 bits per heavy atom. The molecule has 0 aliphatic heterocycles. The van der Waals surface area contributed by atoms with Crippen LogP contribution in [0.2, 0.25) is 0 Å². The number of benzene rings is 1. The van der Waals surface area contributed by atoms with E-state index < -0.39 is 0 Å². The van der Waals surface area contributed by atoms with Crippen molar-refractivity contribution in [2.45, 2.75) is 0 Å². The van der Waals surface area contributed by atoms with Gasteiger partial charge in [-0.25, -0.2) is 0 Å². The fourth-order valence-corrected chi connectivity index (χ4v) is 2.17. The molecule has 0 radical (unpaired) electrons. The molecule has 0 spiro atoms. The summed E-state index contributed by atoms with van der Waals surface area (Å²) in [5.41, 5.74) is 1.72. The minimum Gasteiger partial charge on any atom is -0.265 e. The van der Waals surface area contributed by atoms with Gasteiger partial charge in [0.1, 0.15) is 0 Å². The second-order valence-corrected chi connectivity index (χ2v) is 4.23. The van der Waals surface area contributed by atoms with Gasteiger partial charge in [0.25, 0.3) is 0 Å². The molecule has 4 rings (SSSR count). The maximum Gasteiger partial charge on any atom is 0.186 e. The Labute approximate surface area is 108 Å². The number of fused-ring (bicyclic) bond motifs is 3. The van der Waals surface area contributed by atoms with E-state index in [1.807, 2.05) is 42.6 Å². The third-order valence-corrected chi connectivity index (χ3v) is 3.09. The van der Waals surface area contributed by atoms with E-state index in [9.17, 15) is 0 Å². The van der Waals surface area contributed by atoms with Gasteiger partial charge in [0.2, 0.25) is 0 Å². The van der Waals surface area contributed by atoms with Gasteiger partial charge in [-0.05, 0) is 12.1 Å². The molecule has 0 bridgehead atoms. The van der Waals surface area contributed by atoms with Gasteiger partial charge in [0.05, 0.1) is 6.20 Å². The van der Waals surface area contributed by atoms with Crippen molar-refractivity contribution in [3.05, 3.63) is 55.0 Å². The quantitative estimate of drug-likeness (QED) is 0.518. The molecule has 0 fully saturated rings. The van der Waals surface area contributed by atoms with Crippen molar-refractivity contribution in [1.29, 1.82) is 0 Å². The van der Waals surface area contributed by atoms with Gasteiger partial charge in [-0.1, -0.05) is 24.3 Å². The summed E-state index contributed by atoms with van der Waals surface area (Å²) in [6.07, 6.45) is 5.30. The van der Waals surface area contributed by atoms with Crippen LogP contribution < -0.4 is 0 Å². The van der Waals surface area contributed by atoms with Gasteiger partial charge >= 0.3 is 0 Å². The summed E-state index contributed by atoms with van der Waals surface area (Å²) in [7, 11) is 0. The number of rotatable bonds is 1. The van der Waals surface area contributed by atoms with E-state index >= 15 is 0 Å². The molecule has 0 saturated carbocycles. The molecule has 3 aromatic heterocycles. The standard InChI is InChI=1S/C14H9N5/c1-2-4-12-11(3-1)9-16-19-13(17-18-14(12)19)10-5-7-15-8-6-10/h1-9H. The minimum absolute atomic E-state index is 0.725. The zero-order valence-corrected chi connectivity index (χ0v) is 9.93. The summed E-state index contributed by atoms with van der Waals surface area (Å²) in [5.74, 6) is 0.725. The fourth-order valence-electron chi connectivity index (χ4n) is 2.17. The molecule has 0 atom stereocenters. The number of nitrogens with zero attached hydrogens (tertiary/aromatic N) is 5. The van der Waals surface area contributed by atoms with Gasteiger partial charge in [-0.2, -0.15) is 9.61 Å². The molecule has 5 heteroatoms. The SMILES string of the molecule is c1ccc2c(c1)cnn1c(-c3ccncc3)nnc21. The first-order valence-electron chi connectivity index (χ1n) is 5.93. The van der Waals surface area contributed by atoms with Crippen LogP contribution in [0.5, 0.6) is 0 Å². The van der Waals surface area contributed by atoms with Crippen molar-refractivity contribution in [2.75, 3.05) is 0 Å². The molecular weight excluding hydrogens is 238 g/mol. The van der Waals surface area contributed by atoms with E-state index in [0.717, 1.165) is 27.8 Å². The molecule has 0 amide bonds. The highest BCUT2D eigenvalue weighted by atomic mass is 15.4. The lowest BCUT2D eigenvalue weighted by Crippen LogP contribution is -1.95. The Bertz CT molecular complexity index is 867. The highest BCUT2D eigenvalue weighted by molar-refractivity contribution is 5.93. The van der Waals surface area contributed by atoms with Crippen LogP contribution >= 0.6 is 0 Å². The summed E-state index contributed by atoms with van der Waals surface area (Å²) < 4.78 is 1.76. The van der Waals surface area contributed by atoms with E-state index in [4.69, 9.17) is 0 Å². The molecule has 0 aliphatic rings. The maximum absolute atomic E-state index is 4.42. The Balaban J connectivity index is 2.08. The lowest BCUT2D eigenvalue weighted by atomic mass is 10.2. The van der Waals surface area contributed by atoms with E-state index in [-0.39, 0.29) is 0 Å². The fraction of sp³-hybridized carbons (Fsp3) is 0. The average Bonchev–Trinajstić information content (AvgIpc) is 2.92. The van der Waals surface area contributed by atoms with Crippen molar-refractivity contribution in [3.8, 4) is 11.4 Å². The molecule has 19 heavy (non-hydrogen) atoms. The first-order valence-corrected chi connectivity index (χ1v) is 5.93. The van der Waals surface area contributed by atoms with Crippen LogP contribution in [-0.2, 0) is 0 Å². The van der Waals surface area contributed by atoms with Crippen LogP contribution in [0.15, 0.2) is 55.0 Å². The molecule has 3 heterocycles. The van der Waals surface area contributed by atoms with Crippen molar-refractivity contribution in [1.82, 2.24) is 24.8 Å². The van der Waals surface area contributed by atoms with Gasteiger partial charge < -0.3 is 0 Å². The Morgan fingerprint density at radius 3 is 2.63 bits per heavy atom. The smallest absolute Gasteiger partial charge is 0.186 e. The molecule has 4 aromatic rings. The molecule has 0 unspecified atom stereocenters. The first kappa shape index (κ1) is 10.1. The van der Waals surface area contributed by atoms with Crippen molar-refractivity contribution in [2.24, 2.45) is 0 Å². The van der Waals surface area contributed by atoms with Gasteiger partial charge in [-0.15, -0.1) is 10.2 Å². The van der Waals surface area contributed by atoms with Crippen LogP contribution in [0.1, 0.15) is 0 Å². The Hall–Kier alpha value is -2.82. The summed E-state index contributed by atoms with van der Waals surface area (Å²) in [4.78, 5) is 4.01. The number of pyridine rings is 1. The van der Waals surface area contributed by atoms with E-state index in [1.54, 1.807) is 16.9 Å². The van der Waals surface area contributed by atoms with Gasteiger partial charge in [-0.3, -0.25) is 4.98 Å². The van der Waals surface area contributed by atoms with Gasteiger partial charge in [0.15, 0.2) is 11.5 Å². The van der Waals surface area contributed by atoms with Crippen molar-refractivity contribution >= 4 is 16.4 Å². The number of hydrogen-bond acceptors (Lipinski definition) is 4. The third kappa shape index (κ3) is 1.48. The second kappa shape index (κ2) is 3.84. The van der Waals surface area contributed by atoms with Gasteiger partial charge in [0, 0.05) is 28.7 Å². The predicted molar refractivity (Wildman–Crippen MR) is 71.5 cm³/mol. The first-order chi connectivity index (χ1) is 9.43. The minimum atomic E-state index is 0.725. The second-order valence-electron chi connectivity index (χ2n) is 4.23. The zero-order chi connectivity index (χ0) is 12.7.